The largest absolute Gasteiger partial charge is 0.466 e. The molecule has 0 radical (unpaired) electrons. The van der Waals surface area contributed by atoms with Crippen LogP contribution in [0, 0.1) is 0 Å². The van der Waals surface area contributed by atoms with Crippen molar-refractivity contribution in [3.05, 3.63) is 29.8 Å². The van der Waals surface area contributed by atoms with Gasteiger partial charge in [0.05, 0.1) is 26.1 Å². The van der Waals surface area contributed by atoms with Crippen LogP contribution in [0.15, 0.2) is 24.3 Å². The number of halogens is 1. The molecule has 1 saturated heterocycles. The number of esters is 6. The molecular formula is C30H37ClN2O15. The zero-order valence-corrected chi connectivity index (χ0v) is 27.8. The molecule has 264 valence electrons. The first-order valence-corrected chi connectivity index (χ1v) is 14.8. The molecule has 1 fully saturated rings. The summed E-state index contributed by atoms with van der Waals surface area (Å²) in [6.07, 6.45) is -7.28. The molecule has 0 spiro atoms. The summed E-state index contributed by atoms with van der Waals surface area (Å²) in [7, 11) is 1.00. The second-order valence-electron chi connectivity index (χ2n) is 10.5. The van der Waals surface area contributed by atoms with Crippen LogP contribution in [-0.4, -0.2) is 103 Å². The summed E-state index contributed by atoms with van der Waals surface area (Å²) in [6, 6.07) is 4.67. The number of nitrogens with one attached hydrogen (secondary N) is 2. The van der Waals surface area contributed by atoms with E-state index in [0.717, 1.165) is 34.8 Å². The lowest BCUT2D eigenvalue weighted by Crippen LogP contribution is -2.68. The lowest BCUT2D eigenvalue weighted by molar-refractivity contribution is -0.222. The molecule has 1 aromatic rings. The first-order chi connectivity index (χ1) is 22.4. The summed E-state index contributed by atoms with van der Waals surface area (Å²) in [6.45, 7) is 4.05. The van der Waals surface area contributed by atoms with E-state index in [0.29, 0.717) is 5.56 Å². The fraction of sp³-hybridized carbons (Fsp3) is 0.533. The normalized spacial score (nSPS) is 21.3. The maximum atomic E-state index is 13.0. The van der Waals surface area contributed by atoms with E-state index in [4.69, 9.17) is 44.8 Å². The fourth-order valence-corrected chi connectivity index (χ4v) is 5.05. The zero-order valence-electron chi connectivity index (χ0n) is 27.0. The van der Waals surface area contributed by atoms with Crippen LogP contribution in [0.25, 0.3) is 0 Å². The number of amides is 2. The summed E-state index contributed by atoms with van der Waals surface area (Å²) < 4.78 is 36.7. The number of methoxy groups -OCH3 is 1. The van der Waals surface area contributed by atoms with E-state index >= 15 is 0 Å². The van der Waals surface area contributed by atoms with Crippen molar-refractivity contribution in [2.75, 3.05) is 20.3 Å². The van der Waals surface area contributed by atoms with Crippen molar-refractivity contribution < 1.29 is 71.5 Å². The van der Waals surface area contributed by atoms with Crippen LogP contribution in [0.5, 0.6) is 5.75 Å². The molecule has 1 aliphatic heterocycles. The molecule has 0 saturated carbocycles. The molecule has 18 heteroatoms. The first kappa shape index (κ1) is 39.4. The SMILES string of the molecule is COC(=O)[C@]1(Cl)C[C@H](OC(C)=O)[C@@H](NC(=O)COC(C)=O)[C@H]([C@H](OC(C)=O)[C@@H](CNC(=O)Cc2cccc(OC(C)=O)c2)OC(C)=O)O1. The first-order valence-electron chi connectivity index (χ1n) is 14.4. The van der Waals surface area contributed by atoms with E-state index < -0.39 is 103 Å². The second-order valence-corrected chi connectivity index (χ2v) is 11.1. The molecule has 17 nitrogen and oxygen atoms in total. The van der Waals surface area contributed by atoms with Gasteiger partial charge in [-0.05, 0) is 17.7 Å². The quantitative estimate of drug-likeness (QED) is 0.113. The van der Waals surface area contributed by atoms with E-state index in [1.165, 1.54) is 19.1 Å². The lowest BCUT2D eigenvalue weighted by Gasteiger charge is -2.47. The Kier molecular flexibility index (Phi) is 14.7. The summed E-state index contributed by atoms with van der Waals surface area (Å²) in [4.78, 5) is 97.9. The van der Waals surface area contributed by atoms with Crippen molar-refractivity contribution in [1.29, 1.82) is 0 Å². The molecule has 0 aromatic heterocycles. The van der Waals surface area contributed by atoms with Gasteiger partial charge in [-0.25, -0.2) is 4.79 Å². The van der Waals surface area contributed by atoms with Gasteiger partial charge in [0.2, 0.25) is 11.0 Å². The number of benzene rings is 1. The summed E-state index contributed by atoms with van der Waals surface area (Å²) >= 11 is 6.54. The lowest BCUT2D eigenvalue weighted by atomic mass is 9.89. The third-order valence-electron chi connectivity index (χ3n) is 6.42. The van der Waals surface area contributed by atoms with E-state index in [2.05, 4.69) is 10.6 Å². The van der Waals surface area contributed by atoms with Gasteiger partial charge >= 0.3 is 35.8 Å². The Labute approximate surface area is 280 Å². The van der Waals surface area contributed by atoms with Gasteiger partial charge in [0, 0.05) is 41.0 Å². The molecule has 48 heavy (non-hydrogen) atoms. The standard InChI is InChI=1S/C30H37ClN2O15/c1-15(34)43-14-25(40)33-26-22(45-17(3)36)12-30(31,29(41)42-6)48-28(26)27(47-19(5)38)23(46-18(4)37)13-32-24(39)11-20-8-7-9-21(10-20)44-16(2)35/h7-10,22-23,26-28H,11-14H2,1-6H3,(H,32,39)(H,33,40)/t22-,23+,26+,27+,28+,30-/m0/s1. The molecule has 1 aliphatic rings. The van der Waals surface area contributed by atoms with Crippen molar-refractivity contribution in [2.24, 2.45) is 0 Å². The Balaban J connectivity index is 2.53. The van der Waals surface area contributed by atoms with Crippen LogP contribution in [0.4, 0.5) is 0 Å². The number of rotatable bonds is 14. The topological polar surface area (TPSA) is 225 Å². The van der Waals surface area contributed by atoms with Crippen molar-refractivity contribution >= 4 is 59.2 Å². The van der Waals surface area contributed by atoms with E-state index in [9.17, 15) is 38.4 Å². The Hall–Kier alpha value is -4.77. The van der Waals surface area contributed by atoms with E-state index in [1.54, 1.807) is 12.1 Å². The van der Waals surface area contributed by atoms with E-state index in [1.807, 2.05) is 0 Å². The van der Waals surface area contributed by atoms with Crippen LogP contribution in [0.1, 0.15) is 46.6 Å². The van der Waals surface area contributed by atoms with Crippen LogP contribution >= 0.6 is 11.6 Å². The summed E-state index contributed by atoms with van der Waals surface area (Å²) in [5.41, 5.74) is 0.451. The minimum atomic E-state index is -2.38. The molecule has 2 N–H and O–H groups in total. The van der Waals surface area contributed by atoms with Gasteiger partial charge in [-0.2, -0.15) is 0 Å². The van der Waals surface area contributed by atoms with Gasteiger partial charge in [0.25, 0.3) is 5.91 Å². The van der Waals surface area contributed by atoms with Crippen LogP contribution < -0.4 is 15.4 Å². The van der Waals surface area contributed by atoms with Gasteiger partial charge in [-0.3, -0.25) is 33.6 Å². The minimum Gasteiger partial charge on any atom is -0.466 e. The van der Waals surface area contributed by atoms with Gasteiger partial charge < -0.3 is 43.8 Å². The molecule has 0 bridgehead atoms. The number of carbonyl (C=O) groups excluding carboxylic acids is 8. The number of alkyl halides is 1. The highest BCUT2D eigenvalue weighted by molar-refractivity contribution is 6.32. The third-order valence-corrected chi connectivity index (χ3v) is 6.82. The van der Waals surface area contributed by atoms with Gasteiger partial charge in [0.1, 0.15) is 18.0 Å². The molecule has 1 heterocycles. The average Bonchev–Trinajstić information content (AvgIpc) is 2.97. The van der Waals surface area contributed by atoms with Gasteiger partial charge in [-0.15, -0.1) is 0 Å². The number of hydrogen-bond donors (Lipinski definition) is 2. The smallest absolute Gasteiger partial charge is 0.354 e. The highest BCUT2D eigenvalue weighted by Crippen LogP contribution is 2.38. The van der Waals surface area contributed by atoms with Crippen LogP contribution in [0.2, 0.25) is 0 Å². The van der Waals surface area contributed by atoms with Crippen LogP contribution in [0.3, 0.4) is 0 Å². The third kappa shape index (κ3) is 12.4. The molecule has 2 rings (SSSR count). The number of carbonyl (C=O) groups is 8. The van der Waals surface area contributed by atoms with Crippen molar-refractivity contribution in [3.63, 3.8) is 0 Å². The minimum absolute atomic E-state index is 0.203. The predicted octanol–water partition coefficient (Wildman–Crippen LogP) is 0.0106. The molecule has 6 atom stereocenters. The molecule has 0 aliphatic carbocycles. The Bertz CT molecular complexity index is 1400. The molecule has 0 unspecified atom stereocenters. The molecular weight excluding hydrogens is 664 g/mol. The van der Waals surface area contributed by atoms with Crippen molar-refractivity contribution in [1.82, 2.24) is 10.6 Å². The van der Waals surface area contributed by atoms with Gasteiger partial charge in [-0.1, -0.05) is 23.7 Å². The van der Waals surface area contributed by atoms with Crippen molar-refractivity contribution in [2.45, 2.75) is 83.0 Å². The highest BCUT2D eigenvalue weighted by atomic mass is 35.5. The van der Waals surface area contributed by atoms with Crippen molar-refractivity contribution in [3.8, 4) is 5.75 Å². The second kappa shape index (κ2) is 18.0. The van der Waals surface area contributed by atoms with E-state index in [-0.39, 0.29) is 12.2 Å². The Morgan fingerprint density at radius 3 is 2.15 bits per heavy atom. The maximum Gasteiger partial charge on any atom is 0.354 e. The number of ether oxygens (including phenoxy) is 7. The molecule has 2 amide bonds. The zero-order chi connectivity index (χ0) is 36.2. The Morgan fingerprint density at radius 1 is 0.917 bits per heavy atom. The average molecular weight is 701 g/mol. The predicted molar refractivity (Wildman–Crippen MR) is 160 cm³/mol. The van der Waals surface area contributed by atoms with Gasteiger partial charge in [0.15, 0.2) is 18.8 Å². The summed E-state index contributed by atoms with van der Waals surface area (Å²) in [5.74, 6) is -6.54. The maximum absolute atomic E-state index is 13.0. The number of hydrogen-bond acceptors (Lipinski definition) is 15. The van der Waals surface area contributed by atoms with Crippen LogP contribution in [-0.2, 0) is 73.2 Å². The molecule has 1 aromatic carbocycles. The monoisotopic (exact) mass is 700 g/mol. The highest BCUT2D eigenvalue weighted by Gasteiger charge is 2.57. The summed E-state index contributed by atoms with van der Waals surface area (Å²) in [5, 5.41) is 2.64. The fourth-order valence-electron chi connectivity index (χ4n) is 4.72. The Morgan fingerprint density at radius 2 is 1.58 bits per heavy atom.